The maximum Gasteiger partial charge on any atom is 0.270 e. The number of ether oxygens (including phenoxy) is 2. The summed E-state index contributed by atoms with van der Waals surface area (Å²) in [6, 6.07) is 11.5. The molecule has 0 unspecified atom stereocenters. The number of benzene rings is 2. The second kappa shape index (κ2) is 8.63. The van der Waals surface area contributed by atoms with Crippen molar-refractivity contribution in [1.29, 1.82) is 0 Å². The van der Waals surface area contributed by atoms with Crippen molar-refractivity contribution in [3.63, 3.8) is 0 Å². The third-order valence-corrected chi connectivity index (χ3v) is 5.55. The lowest BCUT2D eigenvalue weighted by Gasteiger charge is -2.17. The summed E-state index contributed by atoms with van der Waals surface area (Å²) in [5, 5.41) is 0. The zero-order chi connectivity index (χ0) is 20.3. The number of rotatable bonds is 6. The number of hydrogen-bond acceptors (Lipinski definition) is 5. The average Bonchev–Trinajstić information content (AvgIpc) is 2.94. The number of thioether (sulfide) groups is 1. The quantitative estimate of drug-likeness (QED) is 0.367. The van der Waals surface area contributed by atoms with Crippen LogP contribution < -0.4 is 14.4 Å². The third-order valence-electron chi connectivity index (χ3n) is 4.25. The van der Waals surface area contributed by atoms with Crippen LogP contribution in [0.15, 0.2) is 54.0 Å². The summed E-state index contributed by atoms with van der Waals surface area (Å²) in [7, 11) is 1.58. The first-order chi connectivity index (χ1) is 13.5. The summed E-state index contributed by atoms with van der Waals surface area (Å²) in [6.07, 6.45) is 3.46. The van der Waals surface area contributed by atoms with Gasteiger partial charge in [-0.2, -0.15) is 0 Å². The largest absolute Gasteiger partial charge is 0.493 e. The van der Waals surface area contributed by atoms with Gasteiger partial charge in [-0.1, -0.05) is 66.5 Å². The molecule has 4 nitrogen and oxygen atoms in total. The van der Waals surface area contributed by atoms with Gasteiger partial charge in [0.25, 0.3) is 5.91 Å². The number of anilines is 1. The van der Waals surface area contributed by atoms with E-state index < -0.39 is 0 Å². The van der Waals surface area contributed by atoms with E-state index in [9.17, 15) is 4.79 Å². The van der Waals surface area contributed by atoms with Gasteiger partial charge in [0, 0.05) is 5.56 Å². The van der Waals surface area contributed by atoms with Gasteiger partial charge in [-0.05, 0) is 37.6 Å². The number of amides is 1. The van der Waals surface area contributed by atoms with Crippen LogP contribution in [-0.2, 0) is 4.79 Å². The third kappa shape index (κ3) is 3.98. The fourth-order valence-corrected chi connectivity index (χ4v) is 4.25. The van der Waals surface area contributed by atoms with Crippen molar-refractivity contribution in [1.82, 2.24) is 0 Å². The van der Waals surface area contributed by atoms with E-state index in [1.165, 1.54) is 11.8 Å². The molecule has 1 aliphatic heterocycles. The van der Waals surface area contributed by atoms with Gasteiger partial charge < -0.3 is 9.47 Å². The number of thiocarbonyl (C=S) groups is 1. The molecule has 2 aromatic rings. The Labute approximate surface area is 174 Å². The standard InChI is InChI=1S/C22H21NO3S2/c1-5-11-26-20-16(7-6-8-18(20)25-4)13-19-21(24)23(22(27)28-19)17-10-9-14(2)12-15(17)3/h5-10,12-13H,1,11H2,2-4H3/b19-13+. The molecule has 0 bridgehead atoms. The molecule has 1 saturated heterocycles. The first-order valence-corrected chi connectivity index (χ1v) is 9.94. The minimum atomic E-state index is -0.139. The van der Waals surface area contributed by atoms with Gasteiger partial charge in [0.15, 0.2) is 15.8 Å². The maximum absolute atomic E-state index is 13.1. The topological polar surface area (TPSA) is 38.8 Å². The molecule has 0 atom stereocenters. The van der Waals surface area contributed by atoms with E-state index in [1.807, 2.05) is 50.2 Å². The van der Waals surface area contributed by atoms with Crippen LogP contribution in [0.2, 0.25) is 0 Å². The van der Waals surface area contributed by atoms with Crippen molar-refractivity contribution in [3.8, 4) is 11.5 Å². The van der Waals surface area contributed by atoms with Crippen LogP contribution in [-0.4, -0.2) is 23.9 Å². The van der Waals surface area contributed by atoms with Crippen molar-refractivity contribution >= 4 is 46.0 Å². The Morgan fingerprint density at radius 3 is 2.71 bits per heavy atom. The van der Waals surface area contributed by atoms with Crippen LogP contribution in [0.3, 0.4) is 0 Å². The summed E-state index contributed by atoms with van der Waals surface area (Å²) < 4.78 is 11.7. The highest BCUT2D eigenvalue weighted by atomic mass is 32.2. The Bertz CT molecular complexity index is 982. The molecule has 1 heterocycles. The molecule has 0 saturated carbocycles. The van der Waals surface area contributed by atoms with Gasteiger partial charge in [-0.15, -0.1) is 0 Å². The minimum Gasteiger partial charge on any atom is -0.493 e. The number of nitrogens with zero attached hydrogens (tertiary/aromatic N) is 1. The normalized spacial score (nSPS) is 15.2. The molecule has 2 aromatic carbocycles. The van der Waals surface area contributed by atoms with Crippen LogP contribution in [0.5, 0.6) is 11.5 Å². The highest BCUT2D eigenvalue weighted by molar-refractivity contribution is 8.27. The van der Waals surface area contributed by atoms with E-state index in [-0.39, 0.29) is 5.91 Å². The summed E-state index contributed by atoms with van der Waals surface area (Å²) in [5.41, 5.74) is 3.71. The number of para-hydroxylation sites is 1. The van der Waals surface area contributed by atoms with Gasteiger partial charge >= 0.3 is 0 Å². The number of hydrogen-bond donors (Lipinski definition) is 0. The first kappa shape index (κ1) is 20.2. The fraction of sp³-hybridized carbons (Fsp3) is 0.182. The molecule has 6 heteroatoms. The van der Waals surface area contributed by atoms with Gasteiger partial charge in [0.1, 0.15) is 6.61 Å². The van der Waals surface area contributed by atoms with Gasteiger partial charge in [0.05, 0.1) is 17.7 Å². The molecule has 1 fully saturated rings. The number of carbonyl (C=O) groups excluding carboxylic acids is 1. The van der Waals surface area contributed by atoms with Gasteiger partial charge in [-0.25, -0.2) is 0 Å². The smallest absolute Gasteiger partial charge is 0.270 e. The minimum absolute atomic E-state index is 0.139. The van der Waals surface area contributed by atoms with Crippen molar-refractivity contribution < 1.29 is 14.3 Å². The molecule has 0 spiro atoms. The van der Waals surface area contributed by atoms with Crippen LogP contribution in [0.4, 0.5) is 5.69 Å². The second-order valence-electron chi connectivity index (χ2n) is 6.29. The van der Waals surface area contributed by atoms with Crippen molar-refractivity contribution in [3.05, 3.63) is 70.6 Å². The highest BCUT2D eigenvalue weighted by Crippen LogP contribution is 2.40. The molecule has 0 N–H and O–H groups in total. The van der Waals surface area contributed by atoms with E-state index in [2.05, 4.69) is 6.58 Å². The lowest BCUT2D eigenvalue weighted by molar-refractivity contribution is -0.113. The predicted molar refractivity (Wildman–Crippen MR) is 120 cm³/mol. The zero-order valence-electron chi connectivity index (χ0n) is 16.0. The Balaban J connectivity index is 1.99. The number of carbonyl (C=O) groups is 1. The van der Waals surface area contributed by atoms with E-state index in [0.717, 1.165) is 22.4 Å². The monoisotopic (exact) mass is 411 g/mol. The van der Waals surface area contributed by atoms with Crippen molar-refractivity contribution in [2.75, 3.05) is 18.6 Å². The summed E-state index contributed by atoms with van der Waals surface area (Å²) >= 11 is 6.78. The Morgan fingerprint density at radius 1 is 1.25 bits per heavy atom. The van der Waals surface area contributed by atoms with Gasteiger partial charge in [-0.3, -0.25) is 9.69 Å². The maximum atomic E-state index is 13.1. The van der Waals surface area contributed by atoms with Crippen LogP contribution in [0.25, 0.3) is 6.08 Å². The molecule has 28 heavy (non-hydrogen) atoms. The van der Waals surface area contributed by atoms with E-state index >= 15 is 0 Å². The lowest BCUT2D eigenvalue weighted by Crippen LogP contribution is -2.28. The second-order valence-corrected chi connectivity index (χ2v) is 7.96. The number of aryl methyl sites for hydroxylation is 2. The van der Waals surface area contributed by atoms with Crippen LogP contribution in [0, 0.1) is 13.8 Å². The predicted octanol–water partition coefficient (Wildman–Crippen LogP) is 5.28. The van der Waals surface area contributed by atoms with Gasteiger partial charge in [0.2, 0.25) is 0 Å². The molecule has 0 aliphatic carbocycles. The van der Waals surface area contributed by atoms with Crippen molar-refractivity contribution in [2.45, 2.75) is 13.8 Å². The molecular weight excluding hydrogens is 390 g/mol. The fourth-order valence-electron chi connectivity index (χ4n) is 2.98. The van der Waals surface area contributed by atoms with E-state index in [1.54, 1.807) is 24.2 Å². The summed E-state index contributed by atoms with van der Waals surface area (Å²) in [4.78, 5) is 15.2. The SMILES string of the molecule is C=CCOc1c(/C=C2/SC(=S)N(c3ccc(C)cc3C)C2=O)cccc1OC. The summed E-state index contributed by atoms with van der Waals surface area (Å²) in [5.74, 6) is 1.03. The number of methoxy groups -OCH3 is 1. The molecule has 0 radical (unpaired) electrons. The zero-order valence-corrected chi connectivity index (χ0v) is 17.7. The van der Waals surface area contributed by atoms with Crippen molar-refractivity contribution in [2.24, 2.45) is 0 Å². The Kier molecular flexibility index (Phi) is 6.21. The lowest BCUT2D eigenvalue weighted by atomic mass is 10.1. The van der Waals surface area contributed by atoms with Crippen LogP contribution in [0.1, 0.15) is 16.7 Å². The van der Waals surface area contributed by atoms with E-state index in [0.29, 0.717) is 27.3 Å². The highest BCUT2D eigenvalue weighted by Gasteiger charge is 2.34. The Morgan fingerprint density at radius 2 is 2.04 bits per heavy atom. The molecular formula is C22H21NO3S2. The molecule has 3 rings (SSSR count). The summed E-state index contributed by atoms with van der Waals surface area (Å²) in [6.45, 7) is 8.02. The Hall–Kier alpha value is -2.57. The first-order valence-electron chi connectivity index (χ1n) is 8.72. The molecule has 0 aromatic heterocycles. The molecule has 1 aliphatic rings. The van der Waals surface area contributed by atoms with Crippen LogP contribution >= 0.6 is 24.0 Å². The molecule has 1 amide bonds. The average molecular weight is 412 g/mol. The molecule has 144 valence electrons. The van der Waals surface area contributed by atoms with E-state index in [4.69, 9.17) is 21.7 Å².